The molecule has 2 atom stereocenters. The van der Waals surface area contributed by atoms with Crippen LogP contribution in [0.15, 0.2) is 84.9 Å². The third-order valence-corrected chi connectivity index (χ3v) is 5.59. The first-order valence-corrected chi connectivity index (χ1v) is 11.3. The SMILES string of the molecule is C[C@H](CCc1ccccc1)NC(=O)c1ccccc1C(=O)N[C@@H](C)CCc1ccccc1. The first-order chi connectivity index (χ1) is 15.5. The topological polar surface area (TPSA) is 58.2 Å². The Hall–Kier alpha value is -3.40. The highest BCUT2D eigenvalue weighted by Crippen LogP contribution is 2.12. The molecule has 32 heavy (non-hydrogen) atoms. The predicted molar refractivity (Wildman–Crippen MR) is 130 cm³/mol. The summed E-state index contributed by atoms with van der Waals surface area (Å²) in [6.07, 6.45) is 3.45. The molecule has 0 aromatic heterocycles. The molecule has 3 rings (SSSR count). The Morgan fingerprint density at radius 2 is 0.938 bits per heavy atom. The Labute approximate surface area is 191 Å². The van der Waals surface area contributed by atoms with Gasteiger partial charge in [0.1, 0.15) is 0 Å². The van der Waals surface area contributed by atoms with E-state index in [-0.39, 0.29) is 23.9 Å². The lowest BCUT2D eigenvalue weighted by Crippen LogP contribution is -2.37. The van der Waals surface area contributed by atoms with E-state index in [2.05, 4.69) is 34.9 Å². The van der Waals surface area contributed by atoms with Crippen molar-refractivity contribution in [3.05, 3.63) is 107 Å². The van der Waals surface area contributed by atoms with Crippen LogP contribution in [0.3, 0.4) is 0 Å². The molecule has 166 valence electrons. The van der Waals surface area contributed by atoms with Gasteiger partial charge < -0.3 is 10.6 Å². The third kappa shape index (κ3) is 7.09. The number of hydrogen-bond acceptors (Lipinski definition) is 2. The van der Waals surface area contributed by atoms with Crippen molar-refractivity contribution in [3.63, 3.8) is 0 Å². The smallest absolute Gasteiger partial charge is 0.252 e. The van der Waals surface area contributed by atoms with Crippen LogP contribution < -0.4 is 10.6 Å². The summed E-state index contributed by atoms with van der Waals surface area (Å²) < 4.78 is 0. The molecule has 2 amide bonds. The van der Waals surface area contributed by atoms with Gasteiger partial charge in [0, 0.05) is 12.1 Å². The number of nitrogens with one attached hydrogen (secondary N) is 2. The van der Waals surface area contributed by atoms with Gasteiger partial charge in [0.2, 0.25) is 0 Å². The normalized spacial score (nSPS) is 12.6. The van der Waals surface area contributed by atoms with Gasteiger partial charge in [-0.2, -0.15) is 0 Å². The molecule has 0 saturated carbocycles. The Bertz CT molecular complexity index is 920. The molecular formula is C28H32N2O2. The van der Waals surface area contributed by atoms with E-state index in [1.54, 1.807) is 24.3 Å². The fourth-order valence-corrected chi connectivity index (χ4v) is 3.68. The average molecular weight is 429 g/mol. The molecule has 0 saturated heterocycles. The number of carbonyl (C=O) groups excluding carboxylic acids is 2. The van der Waals surface area contributed by atoms with E-state index in [1.807, 2.05) is 50.2 Å². The summed E-state index contributed by atoms with van der Waals surface area (Å²) in [4.78, 5) is 25.8. The fourth-order valence-electron chi connectivity index (χ4n) is 3.68. The maximum atomic E-state index is 12.9. The summed E-state index contributed by atoms with van der Waals surface area (Å²) in [6.45, 7) is 3.99. The second kappa shape index (κ2) is 11.8. The Morgan fingerprint density at radius 1 is 0.594 bits per heavy atom. The number of aryl methyl sites for hydroxylation is 2. The minimum atomic E-state index is -0.215. The highest BCUT2D eigenvalue weighted by molar-refractivity contribution is 6.07. The maximum absolute atomic E-state index is 12.9. The van der Waals surface area contributed by atoms with E-state index in [0.717, 1.165) is 25.7 Å². The van der Waals surface area contributed by atoms with Gasteiger partial charge in [-0.1, -0.05) is 72.8 Å². The van der Waals surface area contributed by atoms with Crippen molar-refractivity contribution >= 4 is 11.8 Å². The van der Waals surface area contributed by atoms with E-state index in [4.69, 9.17) is 0 Å². The molecule has 2 N–H and O–H groups in total. The number of hydrogen-bond donors (Lipinski definition) is 2. The molecule has 0 heterocycles. The van der Waals surface area contributed by atoms with Crippen molar-refractivity contribution in [2.24, 2.45) is 0 Å². The van der Waals surface area contributed by atoms with Gasteiger partial charge in [0.05, 0.1) is 11.1 Å². The molecule has 4 nitrogen and oxygen atoms in total. The summed E-state index contributed by atoms with van der Waals surface area (Å²) in [7, 11) is 0. The van der Waals surface area contributed by atoms with Gasteiger partial charge in [-0.25, -0.2) is 0 Å². The molecule has 0 aliphatic heterocycles. The summed E-state index contributed by atoms with van der Waals surface area (Å²) >= 11 is 0. The zero-order valence-electron chi connectivity index (χ0n) is 18.9. The van der Waals surface area contributed by atoms with Crippen LogP contribution in [0.5, 0.6) is 0 Å². The average Bonchev–Trinajstić information content (AvgIpc) is 2.82. The molecule has 0 unspecified atom stereocenters. The quantitative estimate of drug-likeness (QED) is 0.467. The molecule has 0 spiro atoms. The van der Waals surface area contributed by atoms with Gasteiger partial charge in [0.25, 0.3) is 11.8 Å². The Morgan fingerprint density at radius 3 is 1.31 bits per heavy atom. The second-order valence-electron chi connectivity index (χ2n) is 8.34. The fraction of sp³-hybridized carbons (Fsp3) is 0.286. The maximum Gasteiger partial charge on any atom is 0.252 e. The van der Waals surface area contributed by atoms with Crippen LogP contribution in [0.1, 0.15) is 58.5 Å². The highest BCUT2D eigenvalue weighted by atomic mass is 16.2. The molecule has 0 aliphatic carbocycles. The Balaban J connectivity index is 1.55. The first-order valence-electron chi connectivity index (χ1n) is 11.3. The minimum absolute atomic E-state index is 0.00335. The highest BCUT2D eigenvalue weighted by Gasteiger charge is 2.19. The second-order valence-corrected chi connectivity index (χ2v) is 8.34. The molecule has 0 bridgehead atoms. The van der Waals surface area contributed by atoms with Gasteiger partial charge in [-0.15, -0.1) is 0 Å². The molecule has 0 radical (unpaired) electrons. The zero-order valence-corrected chi connectivity index (χ0v) is 18.9. The van der Waals surface area contributed by atoms with Crippen LogP contribution in [-0.2, 0) is 12.8 Å². The number of carbonyl (C=O) groups is 2. The number of amides is 2. The summed E-state index contributed by atoms with van der Waals surface area (Å²) in [6, 6.07) is 27.5. The summed E-state index contributed by atoms with van der Waals surface area (Å²) in [5.41, 5.74) is 3.31. The van der Waals surface area contributed by atoms with Crippen molar-refractivity contribution in [3.8, 4) is 0 Å². The van der Waals surface area contributed by atoms with Gasteiger partial charge in [-0.05, 0) is 62.8 Å². The van der Waals surface area contributed by atoms with Crippen molar-refractivity contribution in [2.75, 3.05) is 0 Å². The van der Waals surface area contributed by atoms with Crippen LogP contribution in [-0.4, -0.2) is 23.9 Å². The standard InChI is InChI=1S/C28H32N2O2/c1-21(17-19-23-11-5-3-6-12-23)29-27(31)25-15-9-10-16-26(25)28(32)30-22(2)18-20-24-13-7-4-8-14-24/h3-16,21-22H,17-20H2,1-2H3,(H,29,31)(H,30,32)/t21-,22+. The number of benzene rings is 3. The van der Waals surface area contributed by atoms with E-state index in [9.17, 15) is 9.59 Å². The lowest BCUT2D eigenvalue weighted by molar-refractivity contribution is 0.0903. The first kappa shape index (κ1) is 23.3. The number of rotatable bonds is 10. The van der Waals surface area contributed by atoms with E-state index in [1.165, 1.54) is 11.1 Å². The molecule has 0 fully saturated rings. The Kier molecular flexibility index (Phi) is 8.61. The zero-order chi connectivity index (χ0) is 22.8. The predicted octanol–water partition coefficient (Wildman–Crippen LogP) is 5.19. The van der Waals surface area contributed by atoms with Crippen molar-refractivity contribution in [1.29, 1.82) is 0 Å². The largest absolute Gasteiger partial charge is 0.350 e. The van der Waals surface area contributed by atoms with Gasteiger partial charge in [-0.3, -0.25) is 9.59 Å². The van der Waals surface area contributed by atoms with Crippen molar-refractivity contribution < 1.29 is 9.59 Å². The van der Waals surface area contributed by atoms with Crippen LogP contribution in [0.25, 0.3) is 0 Å². The van der Waals surface area contributed by atoms with E-state index < -0.39 is 0 Å². The summed E-state index contributed by atoms with van der Waals surface area (Å²) in [5.74, 6) is -0.429. The molecule has 0 aliphatic rings. The van der Waals surface area contributed by atoms with Crippen LogP contribution in [0, 0.1) is 0 Å². The summed E-state index contributed by atoms with van der Waals surface area (Å²) in [5, 5.41) is 6.09. The van der Waals surface area contributed by atoms with Crippen molar-refractivity contribution in [2.45, 2.75) is 51.6 Å². The van der Waals surface area contributed by atoms with Crippen LogP contribution in [0.2, 0.25) is 0 Å². The minimum Gasteiger partial charge on any atom is -0.350 e. The van der Waals surface area contributed by atoms with Crippen molar-refractivity contribution in [1.82, 2.24) is 10.6 Å². The monoisotopic (exact) mass is 428 g/mol. The van der Waals surface area contributed by atoms with E-state index >= 15 is 0 Å². The molecule has 4 heteroatoms. The van der Waals surface area contributed by atoms with E-state index in [0.29, 0.717) is 11.1 Å². The molecule has 3 aromatic rings. The third-order valence-electron chi connectivity index (χ3n) is 5.59. The molecular weight excluding hydrogens is 396 g/mol. The van der Waals surface area contributed by atoms with Gasteiger partial charge >= 0.3 is 0 Å². The van der Waals surface area contributed by atoms with Crippen LogP contribution in [0.4, 0.5) is 0 Å². The van der Waals surface area contributed by atoms with Gasteiger partial charge in [0.15, 0.2) is 0 Å². The lowest BCUT2D eigenvalue weighted by Gasteiger charge is -2.17. The molecule has 3 aromatic carbocycles. The van der Waals surface area contributed by atoms with Crippen LogP contribution >= 0.6 is 0 Å². The lowest BCUT2D eigenvalue weighted by atomic mass is 10.0.